The number of amides is 1. The van der Waals surface area contributed by atoms with Crippen molar-refractivity contribution in [3.8, 4) is 0 Å². The number of hydrogen-bond donors (Lipinski definition) is 2. The normalized spacial score (nSPS) is 10.3. The molecule has 1 rings (SSSR count). The van der Waals surface area contributed by atoms with Gasteiger partial charge in [0.15, 0.2) is 0 Å². The van der Waals surface area contributed by atoms with Gasteiger partial charge in [0.2, 0.25) is 5.91 Å². The predicted octanol–water partition coefficient (Wildman–Crippen LogP) is 2.28. The van der Waals surface area contributed by atoms with Crippen molar-refractivity contribution >= 4 is 17.5 Å². The second-order valence-electron chi connectivity index (χ2n) is 4.86. The number of carbonyl (C=O) groups excluding carboxylic acids is 1. The minimum Gasteiger partial charge on any atom is -0.370 e. The van der Waals surface area contributed by atoms with E-state index in [1.807, 2.05) is 31.7 Å². The van der Waals surface area contributed by atoms with Gasteiger partial charge in [-0.2, -0.15) is 0 Å². The van der Waals surface area contributed by atoms with E-state index in [-0.39, 0.29) is 5.91 Å². The van der Waals surface area contributed by atoms with Crippen LogP contribution in [0.2, 0.25) is 0 Å². The SMILES string of the molecule is CCCNc1cc(NCCC(=O)N(CC)CC)nc(C)n1. The molecule has 6 nitrogen and oxygen atoms in total. The van der Waals surface area contributed by atoms with Crippen LogP contribution >= 0.6 is 0 Å². The summed E-state index contributed by atoms with van der Waals surface area (Å²) in [5, 5.41) is 6.44. The van der Waals surface area contributed by atoms with Gasteiger partial charge in [0.05, 0.1) is 0 Å². The van der Waals surface area contributed by atoms with E-state index in [4.69, 9.17) is 0 Å². The summed E-state index contributed by atoms with van der Waals surface area (Å²) >= 11 is 0. The zero-order valence-electron chi connectivity index (χ0n) is 13.6. The number of hydrogen-bond acceptors (Lipinski definition) is 5. The van der Waals surface area contributed by atoms with E-state index < -0.39 is 0 Å². The molecule has 0 unspecified atom stereocenters. The van der Waals surface area contributed by atoms with Crippen LogP contribution in [0.15, 0.2) is 6.07 Å². The molecule has 0 bridgehead atoms. The molecule has 6 heteroatoms. The molecule has 1 aromatic heterocycles. The van der Waals surface area contributed by atoms with E-state index in [0.29, 0.717) is 18.8 Å². The molecule has 21 heavy (non-hydrogen) atoms. The van der Waals surface area contributed by atoms with E-state index in [2.05, 4.69) is 27.5 Å². The molecule has 0 spiro atoms. The highest BCUT2D eigenvalue weighted by atomic mass is 16.2. The Labute approximate surface area is 127 Å². The fraction of sp³-hybridized carbons (Fsp3) is 0.667. The first kappa shape index (κ1) is 17.2. The number of carbonyl (C=O) groups is 1. The van der Waals surface area contributed by atoms with Gasteiger partial charge in [-0.1, -0.05) is 6.92 Å². The summed E-state index contributed by atoms with van der Waals surface area (Å²) in [6.07, 6.45) is 1.52. The molecule has 0 aromatic carbocycles. The maximum Gasteiger partial charge on any atom is 0.224 e. The standard InChI is InChI=1S/C15H27N5O/c1-5-9-16-13-11-14(19-12(4)18-13)17-10-8-15(21)20(6-2)7-3/h11H,5-10H2,1-4H3,(H2,16,17,18,19). The molecule has 0 saturated heterocycles. The molecule has 0 fully saturated rings. The summed E-state index contributed by atoms with van der Waals surface area (Å²) < 4.78 is 0. The Kier molecular flexibility index (Phi) is 7.50. The largest absolute Gasteiger partial charge is 0.370 e. The molecule has 1 amide bonds. The maximum absolute atomic E-state index is 11.9. The number of nitrogens with one attached hydrogen (secondary N) is 2. The van der Waals surface area contributed by atoms with Crippen LogP contribution < -0.4 is 10.6 Å². The van der Waals surface area contributed by atoms with Gasteiger partial charge in [-0.3, -0.25) is 4.79 Å². The van der Waals surface area contributed by atoms with E-state index in [9.17, 15) is 4.79 Å². The van der Waals surface area contributed by atoms with Crippen molar-refractivity contribution < 1.29 is 4.79 Å². The van der Waals surface area contributed by atoms with Crippen LogP contribution in [-0.2, 0) is 4.79 Å². The van der Waals surface area contributed by atoms with E-state index >= 15 is 0 Å². The van der Waals surface area contributed by atoms with Crippen molar-refractivity contribution in [3.05, 3.63) is 11.9 Å². The van der Waals surface area contributed by atoms with Crippen molar-refractivity contribution in [2.75, 3.05) is 36.8 Å². The Morgan fingerprint density at radius 1 is 1.10 bits per heavy atom. The van der Waals surface area contributed by atoms with Crippen LogP contribution in [0.4, 0.5) is 11.6 Å². The summed E-state index contributed by atoms with van der Waals surface area (Å²) in [6.45, 7) is 10.9. The van der Waals surface area contributed by atoms with Crippen LogP contribution in [0.1, 0.15) is 39.4 Å². The zero-order chi connectivity index (χ0) is 15.7. The van der Waals surface area contributed by atoms with Gasteiger partial charge in [0.25, 0.3) is 0 Å². The number of rotatable bonds is 9. The van der Waals surface area contributed by atoms with Crippen LogP contribution in [0, 0.1) is 6.92 Å². The predicted molar refractivity (Wildman–Crippen MR) is 86.6 cm³/mol. The van der Waals surface area contributed by atoms with Gasteiger partial charge < -0.3 is 15.5 Å². The van der Waals surface area contributed by atoms with Crippen LogP contribution in [0.5, 0.6) is 0 Å². The van der Waals surface area contributed by atoms with Crippen molar-refractivity contribution in [1.29, 1.82) is 0 Å². The molecule has 0 aliphatic heterocycles. The monoisotopic (exact) mass is 293 g/mol. The van der Waals surface area contributed by atoms with Crippen LogP contribution in [-0.4, -0.2) is 47.0 Å². The zero-order valence-corrected chi connectivity index (χ0v) is 13.6. The van der Waals surface area contributed by atoms with E-state index in [1.54, 1.807) is 0 Å². The van der Waals surface area contributed by atoms with Gasteiger partial charge in [-0.15, -0.1) is 0 Å². The van der Waals surface area contributed by atoms with Crippen LogP contribution in [0.3, 0.4) is 0 Å². The Bertz CT molecular complexity index is 446. The number of aryl methyl sites for hydroxylation is 1. The highest BCUT2D eigenvalue weighted by Gasteiger charge is 2.09. The molecular formula is C15H27N5O. The maximum atomic E-state index is 11.9. The van der Waals surface area contributed by atoms with Gasteiger partial charge in [0, 0.05) is 38.7 Å². The first-order valence-electron chi connectivity index (χ1n) is 7.71. The molecular weight excluding hydrogens is 266 g/mol. The van der Waals surface area contributed by atoms with Crippen molar-refractivity contribution in [2.45, 2.75) is 40.5 Å². The molecule has 0 aliphatic carbocycles. The summed E-state index contributed by atoms with van der Waals surface area (Å²) in [5.41, 5.74) is 0. The number of aromatic nitrogens is 2. The lowest BCUT2D eigenvalue weighted by atomic mass is 10.3. The Morgan fingerprint density at radius 2 is 1.67 bits per heavy atom. The molecule has 0 saturated carbocycles. The van der Waals surface area contributed by atoms with Gasteiger partial charge in [-0.05, 0) is 27.2 Å². The lowest BCUT2D eigenvalue weighted by Gasteiger charge is -2.18. The third-order valence-corrected chi connectivity index (χ3v) is 3.16. The average Bonchev–Trinajstić information content (AvgIpc) is 2.46. The highest BCUT2D eigenvalue weighted by molar-refractivity contribution is 5.76. The quantitative estimate of drug-likeness (QED) is 0.731. The Morgan fingerprint density at radius 3 is 2.19 bits per heavy atom. The molecule has 2 N–H and O–H groups in total. The minimum atomic E-state index is 0.169. The third kappa shape index (κ3) is 5.97. The number of nitrogens with zero attached hydrogens (tertiary/aromatic N) is 3. The minimum absolute atomic E-state index is 0.169. The first-order valence-corrected chi connectivity index (χ1v) is 7.71. The summed E-state index contributed by atoms with van der Waals surface area (Å²) in [6, 6.07) is 1.88. The van der Waals surface area contributed by atoms with Gasteiger partial charge >= 0.3 is 0 Å². The molecule has 1 aromatic rings. The summed E-state index contributed by atoms with van der Waals surface area (Å²) in [5.74, 6) is 2.46. The molecule has 0 atom stereocenters. The van der Waals surface area contributed by atoms with Gasteiger partial charge in [0.1, 0.15) is 17.5 Å². The Hall–Kier alpha value is -1.85. The number of anilines is 2. The molecule has 1 heterocycles. The highest BCUT2D eigenvalue weighted by Crippen LogP contribution is 2.11. The topological polar surface area (TPSA) is 70.2 Å². The van der Waals surface area contributed by atoms with E-state index in [1.165, 1.54) is 0 Å². The second kappa shape index (κ2) is 9.15. The molecule has 118 valence electrons. The second-order valence-corrected chi connectivity index (χ2v) is 4.86. The van der Waals surface area contributed by atoms with Crippen LogP contribution in [0.25, 0.3) is 0 Å². The molecule has 0 radical (unpaired) electrons. The third-order valence-electron chi connectivity index (χ3n) is 3.16. The fourth-order valence-corrected chi connectivity index (χ4v) is 2.03. The summed E-state index contributed by atoms with van der Waals surface area (Å²) in [4.78, 5) is 22.4. The average molecular weight is 293 g/mol. The van der Waals surface area contributed by atoms with Gasteiger partial charge in [-0.25, -0.2) is 9.97 Å². The lowest BCUT2D eigenvalue weighted by molar-refractivity contribution is -0.130. The first-order chi connectivity index (χ1) is 10.1. The Balaban J connectivity index is 2.51. The van der Waals surface area contributed by atoms with Crippen molar-refractivity contribution in [2.24, 2.45) is 0 Å². The van der Waals surface area contributed by atoms with E-state index in [0.717, 1.165) is 37.7 Å². The smallest absolute Gasteiger partial charge is 0.224 e. The van der Waals surface area contributed by atoms with Crippen molar-refractivity contribution in [3.63, 3.8) is 0 Å². The van der Waals surface area contributed by atoms with Crippen molar-refractivity contribution in [1.82, 2.24) is 14.9 Å². The fourth-order valence-electron chi connectivity index (χ4n) is 2.03. The summed E-state index contributed by atoms with van der Waals surface area (Å²) in [7, 11) is 0. The molecule has 0 aliphatic rings. The lowest BCUT2D eigenvalue weighted by Crippen LogP contribution is -2.31.